The molecule has 0 bridgehead atoms. The van der Waals surface area contributed by atoms with E-state index in [-0.39, 0.29) is 5.92 Å². The van der Waals surface area contributed by atoms with Crippen molar-refractivity contribution in [2.45, 2.75) is 38.6 Å². The first kappa shape index (κ1) is 17.3. The highest BCUT2D eigenvalue weighted by atomic mass is 16.4. The minimum atomic E-state index is -0.613. The van der Waals surface area contributed by atoms with E-state index in [1.165, 1.54) is 16.8 Å². The molecular formula is C21H27N3O2. The Balaban J connectivity index is 1.55. The lowest BCUT2D eigenvalue weighted by molar-refractivity contribution is -0.152. The molecular weight excluding hydrogens is 326 g/mol. The van der Waals surface area contributed by atoms with Gasteiger partial charge in [-0.05, 0) is 49.1 Å². The first-order valence-electron chi connectivity index (χ1n) is 9.48. The van der Waals surface area contributed by atoms with Crippen molar-refractivity contribution in [2.75, 3.05) is 13.1 Å². The van der Waals surface area contributed by atoms with Crippen molar-refractivity contribution < 1.29 is 9.90 Å². The van der Waals surface area contributed by atoms with E-state index in [9.17, 15) is 9.90 Å². The zero-order valence-corrected chi connectivity index (χ0v) is 15.6. The summed E-state index contributed by atoms with van der Waals surface area (Å²) < 4.78 is 1.91. The zero-order chi connectivity index (χ0) is 18.3. The number of fused-ring (bicyclic) bond motifs is 1. The highest BCUT2D eigenvalue weighted by Crippen LogP contribution is 2.51. The first-order chi connectivity index (χ1) is 12.5. The van der Waals surface area contributed by atoms with E-state index in [0.717, 1.165) is 32.4 Å². The maximum atomic E-state index is 12.2. The van der Waals surface area contributed by atoms with Crippen molar-refractivity contribution in [3.8, 4) is 0 Å². The molecule has 0 spiro atoms. The summed E-state index contributed by atoms with van der Waals surface area (Å²) in [6.07, 6.45) is 4.59. The van der Waals surface area contributed by atoms with Gasteiger partial charge in [0.1, 0.15) is 0 Å². The lowest BCUT2D eigenvalue weighted by Gasteiger charge is -2.38. The number of carbonyl (C=O) groups is 1. The summed E-state index contributed by atoms with van der Waals surface area (Å²) in [4.78, 5) is 14.6. The SMILES string of the molecule is Cc1cnn(C)c1CN1C[C@@H]2C[C@@H](c3ccccc3)CC[C@]2(C(=O)O)C1. The summed E-state index contributed by atoms with van der Waals surface area (Å²) in [5.74, 6) is 0.0813. The van der Waals surface area contributed by atoms with E-state index >= 15 is 0 Å². The van der Waals surface area contributed by atoms with Crippen LogP contribution in [0.1, 0.15) is 42.0 Å². The number of nitrogens with zero attached hydrogens (tertiary/aromatic N) is 3. The van der Waals surface area contributed by atoms with E-state index in [0.29, 0.717) is 12.5 Å². The van der Waals surface area contributed by atoms with Crippen LogP contribution in [0.25, 0.3) is 0 Å². The lowest BCUT2D eigenvalue weighted by atomic mass is 9.64. The fraction of sp³-hybridized carbons (Fsp3) is 0.524. The van der Waals surface area contributed by atoms with Crippen LogP contribution in [-0.2, 0) is 18.4 Å². The number of carboxylic acids is 1. The molecule has 138 valence electrons. The van der Waals surface area contributed by atoms with Gasteiger partial charge in [0.2, 0.25) is 0 Å². The van der Waals surface area contributed by atoms with Crippen molar-refractivity contribution in [1.82, 2.24) is 14.7 Å². The summed E-state index contributed by atoms with van der Waals surface area (Å²) >= 11 is 0. The standard InChI is InChI=1S/C21H27N3O2/c1-15-11-22-23(2)19(15)13-24-12-18-10-17(16-6-4-3-5-7-16)8-9-21(18,14-24)20(25)26/h3-7,11,17-18H,8-10,12-14H2,1-2H3,(H,25,26)/t17-,18-,21-/m0/s1. The number of rotatable bonds is 4. The van der Waals surface area contributed by atoms with Crippen LogP contribution in [-0.4, -0.2) is 38.8 Å². The monoisotopic (exact) mass is 353 g/mol. The molecule has 3 atom stereocenters. The minimum absolute atomic E-state index is 0.215. The Bertz CT molecular complexity index is 781. The second-order valence-corrected chi connectivity index (χ2v) is 8.11. The Labute approximate surface area is 154 Å². The first-order valence-corrected chi connectivity index (χ1v) is 9.48. The third-order valence-corrected chi connectivity index (χ3v) is 6.61. The van der Waals surface area contributed by atoms with E-state index < -0.39 is 11.4 Å². The molecule has 1 aromatic heterocycles. The third-order valence-electron chi connectivity index (χ3n) is 6.61. The van der Waals surface area contributed by atoms with Gasteiger partial charge in [-0.1, -0.05) is 30.3 Å². The summed E-state index contributed by atoms with van der Waals surface area (Å²) in [6, 6.07) is 10.6. The zero-order valence-electron chi connectivity index (χ0n) is 15.6. The smallest absolute Gasteiger partial charge is 0.311 e. The molecule has 1 aliphatic heterocycles. The van der Waals surface area contributed by atoms with Gasteiger partial charge in [0.05, 0.1) is 17.3 Å². The lowest BCUT2D eigenvalue weighted by Crippen LogP contribution is -2.42. The number of carboxylic acid groups (broad SMARTS) is 1. The summed E-state index contributed by atoms with van der Waals surface area (Å²) in [6.45, 7) is 4.37. The minimum Gasteiger partial charge on any atom is -0.481 e. The molecule has 1 N–H and O–H groups in total. The number of aromatic nitrogens is 2. The van der Waals surface area contributed by atoms with E-state index in [1.807, 2.05) is 24.0 Å². The average Bonchev–Trinajstić information content (AvgIpc) is 3.17. The molecule has 2 aliphatic rings. The summed E-state index contributed by atoms with van der Waals surface area (Å²) in [7, 11) is 1.96. The highest BCUT2D eigenvalue weighted by Gasteiger charge is 2.54. The van der Waals surface area contributed by atoms with Gasteiger partial charge in [0.15, 0.2) is 0 Å². The number of aliphatic carboxylic acids is 1. The van der Waals surface area contributed by atoms with Gasteiger partial charge in [0, 0.05) is 26.7 Å². The van der Waals surface area contributed by atoms with Crippen molar-refractivity contribution in [1.29, 1.82) is 0 Å². The molecule has 5 nitrogen and oxygen atoms in total. The second-order valence-electron chi connectivity index (χ2n) is 8.11. The van der Waals surface area contributed by atoms with Gasteiger partial charge in [-0.15, -0.1) is 0 Å². The topological polar surface area (TPSA) is 58.4 Å². The molecule has 2 fully saturated rings. The van der Waals surface area contributed by atoms with Gasteiger partial charge < -0.3 is 5.11 Å². The molecule has 4 rings (SSSR count). The van der Waals surface area contributed by atoms with Gasteiger partial charge in [-0.25, -0.2) is 0 Å². The fourth-order valence-corrected chi connectivity index (χ4v) is 5.06. The predicted molar refractivity (Wildman–Crippen MR) is 99.8 cm³/mol. The third kappa shape index (κ3) is 2.84. The Morgan fingerprint density at radius 3 is 2.77 bits per heavy atom. The number of hydrogen-bond donors (Lipinski definition) is 1. The van der Waals surface area contributed by atoms with Crippen LogP contribution < -0.4 is 0 Å². The van der Waals surface area contributed by atoms with Crippen LogP contribution in [0.2, 0.25) is 0 Å². The van der Waals surface area contributed by atoms with Crippen LogP contribution in [0.15, 0.2) is 36.5 Å². The number of benzene rings is 1. The Hall–Kier alpha value is -2.14. The van der Waals surface area contributed by atoms with Gasteiger partial charge in [-0.3, -0.25) is 14.4 Å². The van der Waals surface area contributed by atoms with Gasteiger partial charge in [0.25, 0.3) is 0 Å². The number of aryl methyl sites for hydroxylation is 2. The van der Waals surface area contributed by atoms with Crippen LogP contribution in [0.4, 0.5) is 0 Å². The molecule has 26 heavy (non-hydrogen) atoms. The molecule has 1 aliphatic carbocycles. The van der Waals surface area contributed by atoms with Crippen molar-refractivity contribution in [3.63, 3.8) is 0 Å². The fourth-order valence-electron chi connectivity index (χ4n) is 5.06. The molecule has 2 aromatic rings. The second kappa shape index (κ2) is 6.54. The molecule has 2 heterocycles. The molecule has 0 radical (unpaired) electrons. The van der Waals surface area contributed by atoms with Crippen LogP contribution >= 0.6 is 0 Å². The maximum absolute atomic E-state index is 12.2. The molecule has 0 unspecified atom stereocenters. The Morgan fingerprint density at radius 2 is 2.12 bits per heavy atom. The van der Waals surface area contributed by atoms with Crippen molar-refractivity contribution >= 4 is 5.97 Å². The predicted octanol–water partition coefficient (Wildman–Crippen LogP) is 3.20. The van der Waals surface area contributed by atoms with Crippen LogP contribution in [0, 0.1) is 18.3 Å². The molecule has 0 amide bonds. The summed E-state index contributed by atoms with van der Waals surface area (Å²) in [5, 5.41) is 14.4. The van der Waals surface area contributed by atoms with Crippen LogP contribution in [0.5, 0.6) is 0 Å². The number of likely N-dealkylation sites (tertiary alicyclic amines) is 1. The maximum Gasteiger partial charge on any atom is 0.311 e. The molecule has 1 saturated heterocycles. The van der Waals surface area contributed by atoms with Crippen molar-refractivity contribution in [3.05, 3.63) is 53.3 Å². The summed E-state index contributed by atoms with van der Waals surface area (Å²) in [5.41, 5.74) is 3.13. The van der Waals surface area contributed by atoms with E-state index in [1.54, 1.807) is 0 Å². The Morgan fingerprint density at radius 1 is 1.35 bits per heavy atom. The van der Waals surface area contributed by atoms with E-state index in [4.69, 9.17) is 0 Å². The van der Waals surface area contributed by atoms with Crippen LogP contribution in [0.3, 0.4) is 0 Å². The van der Waals surface area contributed by atoms with Crippen molar-refractivity contribution in [2.24, 2.45) is 18.4 Å². The number of hydrogen-bond acceptors (Lipinski definition) is 3. The largest absolute Gasteiger partial charge is 0.481 e. The average molecular weight is 353 g/mol. The normalized spacial score (nSPS) is 28.8. The van der Waals surface area contributed by atoms with Gasteiger partial charge in [-0.2, -0.15) is 5.10 Å². The van der Waals surface area contributed by atoms with Gasteiger partial charge >= 0.3 is 5.97 Å². The molecule has 5 heteroatoms. The highest BCUT2D eigenvalue weighted by molar-refractivity contribution is 5.76. The molecule has 1 aromatic carbocycles. The quantitative estimate of drug-likeness (QED) is 0.917. The Kier molecular flexibility index (Phi) is 4.35. The van der Waals surface area contributed by atoms with E-state index in [2.05, 4.69) is 41.2 Å². The molecule has 1 saturated carbocycles.